The van der Waals surface area contributed by atoms with Crippen LogP contribution in [-0.2, 0) is 0 Å². The Bertz CT molecular complexity index is 962. The minimum absolute atomic E-state index is 0.0420. The van der Waals surface area contributed by atoms with Gasteiger partial charge in [0.2, 0.25) is 11.8 Å². The van der Waals surface area contributed by atoms with Gasteiger partial charge in [-0.05, 0) is 31.4 Å². The van der Waals surface area contributed by atoms with Gasteiger partial charge in [0.1, 0.15) is 5.92 Å². The maximum absolute atomic E-state index is 9.62. The number of nitriles is 1. The normalized spacial score (nSPS) is 19.6. The van der Waals surface area contributed by atoms with E-state index in [1.807, 2.05) is 17.5 Å². The molecule has 5 nitrogen and oxygen atoms in total. The Morgan fingerprint density at radius 2 is 2.25 bits per heavy atom. The molecule has 3 aromatic rings. The van der Waals surface area contributed by atoms with Crippen LogP contribution in [0.5, 0.6) is 5.88 Å². The largest absolute Gasteiger partial charge is 0.422 e. The SMILES string of the molecule is Cc1cc(-c2[nH]nc3c2C(c2cccs2)C(C#N)C(=N)O3)c(C)s1. The molecule has 0 saturated carbocycles. The molecule has 4 rings (SSSR count). The predicted octanol–water partition coefficient (Wildman–Crippen LogP) is 4.46. The minimum atomic E-state index is -0.646. The first-order valence-corrected chi connectivity index (χ1v) is 9.14. The highest BCUT2D eigenvalue weighted by atomic mass is 32.1. The van der Waals surface area contributed by atoms with Gasteiger partial charge in [0, 0.05) is 20.2 Å². The molecule has 4 heterocycles. The smallest absolute Gasteiger partial charge is 0.244 e. The van der Waals surface area contributed by atoms with E-state index in [1.165, 1.54) is 9.75 Å². The summed E-state index contributed by atoms with van der Waals surface area (Å²) in [6.45, 7) is 4.15. The number of rotatable bonds is 2. The molecular weight excluding hydrogens is 340 g/mol. The van der Waals surface area contributed by atoms with Crippen molar-refractivity contribution >= 4 is 28.6 Å². The van der Waals surface area contributed by atoms with Crippen molar-refractivity contribution in [2.75, 3.05) is 0 Å². The third-order valence-corrected chi connectivity index (χ3v) is 6.12. The number of aryl methyl sites for hydroxylation is 2. The molecular formula is C17H14N4OS2. The Hall–Kier alpha value is -2.43. The molecule has 1 aliphatic rings. The van der Waals surface area contributed by atoms with Crippen molar-refractivity contribution in [3.8, 4) is 23.2 Å². The molecule has 0 aromatic carbocycles. The molecule has 1 aliphatic heterocycles. The fourth-order valence-corrected chi connectivity index (χ4v) is 4.98. The fraction of sp³-hybridized carbons (Fsp3) is 0.235. The average molecular weight is 354 g/mol. The molecule has 0 bridgehead atoms. The van der Waals surface area contributed by atoms with Gasteiger partial charge in [0.15, 0.2) is 0 Å². The summed E-state index contributed by atoms with van der Waals surface area (Å²) in [5.41, 5.74) is 2.85. The van der Waals surface area contributed by atoms with E-state index < -0.39 is 5.92 Å². The Morgan fingerprint density at radius 1 is 1.42 bits per heavy atom. The highest BCUT2D eigenvalue weighted by Crippen LogP contribution is 2.47. The minimum Gasteiger partial charge on any atom is -0.422 e. The van der Waals surface area contributed by atoms with Crippen molar-refractivity contribution < 1.29 is 4.74 Å². The van der Waals surface area contributed by atoms with Crippen LogP contribution in [0.4, 0.5) is 0 Å². The maximum atomic E-state index is 9.62. The van der Waals surface area contributed by atoms with Crippen LogP contribution in [0.25, 0.3) is 11.3 Å². The van der Waals surface area contributed by atoms with E-state index in [4.69, 9.17) is 10.1 Å². The molecule has 0 radical (unpaired) electrons. The summed E-state index contributed by atoms with van der Waals surface area (Å²) >= 11 is 3.32. The number of nitrogens with zero attached hydrogens (tertiary/aromatic N) is 2. The number of hydrogen-bond donors (Lipinski definition) is 2. The molecule has 2 N–H and O–H groups in total. The van der Waals surface area contributed by atoms with Crippen LogP contribution in [0, 0.1) is 36.5 Å². The summed E-state index contributed by atoms with van der Waals surface area (Å²) in [6.07, 6.45) is 0. The molecule has 0 aliphatic carbocycles. The molecule has 0 spiro atoms. The van der Waals surface area contributed by atoms with Crippen molar-refractivity contribution in [2.24, 2.45) is 5.92 Å². The number of fused-ring (bicyclic) bond motifs is 1. The van der Waals surface area contributed by atoms with Gasteiger partial charge in [0.25, 0.3) is 0 Å². The molecule has 120 valence electrons. The lowest BCUT2D eigenvalue weighted by molar-refractivity contribution is 0.439. The van der Waals surface area contributed by atoms with Gasteiger partial charge in [0.05, 0.1) is 23.2 Å². The van der Waals surface area contributed by atoms with Crippen molar-refractivity contribution in [1.29, 1.82) is 10.7 Å². The summed E-state index contributed by atoms with van der Waals surface area (Å²) in [4.78, 5) is 3.46. The predicted molar refractivity (Wildman–Crippen MR) is 95.0 cm³/mol. The Balaban J connectivity index is 1.96. The highest BCUT2D eigenvalue weighted by Gasteiger charge is 2.41. The number of nitrogens with one attached hydrogen (secondary N) is 2. The number of aromatic nitrogens is 2. The summed E-state index contributed by atoms with van der Waals surface area (Å²) in [5.74, 6) is -0.519. The number of hydrogen-bond acceptors (Lipinski definition) is 6. The van der Waals surface area contributed by atoms with Crippen LogP contribution in [0.3, 0.4) is 0 Å². The first-order chi connectivity index (χ1) is 11.6. The molecule has 3 aromatic heterocycles. The zero-order valence-electron chi connectivity index (χ0n) is 13.1. The first-order valence-electron chi connectivity index (χ1n) is 7.45. The molecule has 24 heavy (non-hydrogen) atoms. The van der Waals surface area contributed by atoms with E-state index in [2.05, 4.69) is 36.2 Å². The lowest BCUT2D eigenvalue weighted by Gasteiger charge is -2.26. The van der Waals surface area contributed by atoms with Crippen molar-refractivity contribution in [3.63, 3.8) is 0 Å². The number of ether oxygens (including phenoxy) is 1. The zero-order chi connectivity index (χ0) is 16.8. The number of H-pyrrole nitrogens is 1. The summed E-state index contributed by atoms with van der Waals surface area (Å²) < 4.78 is 5.54. The van der Waals surface area contributed by atoms with Crippen molar-refractivity contribution in [1.82, 2.24) is 10.2 Å². The van der Waals surface area contributed by atoms with Crippen LogP contribution < -0.4 is 4.74 Å². The van der Waals surface area contributed by atoms with E-state index in [-0.39, 0.29) is 11.8 Å². The molecule has 0 amide bonds. The summed E-state index contributed by atoms with van der Waals surface area (Å²) in [6, 6.07) is 8.33. The van der Waals surface area contributed by atoms with Gasteiger partial charge in [-0.3, -0.25) is 10.5 Å². The molecule has 0 saturated heterocycles. The van der Waals surface area contributed by atoms with Crippen molar-refractivity contribution in [2.45, 2.75) is 19.8 Å². The molecule has 2 unspecified atom stereocenters. The van der Waals surface area contributed by atoms with E-state index in [1.54, 1.807) is 22.7 Å². The van der Waals surface area contributed by atoms with E-state index in [9.17, 15) is 5.26 Å². The highest BCUT2D eigenvalue weighted by molar-refractivity contribution is 7.12. The monoisotopic (exact) mass is 354 g/mol. The topological polar surface area (TPSA) is 85.5 Å². The van der Waals surface area contributed by atoms with Crippen molar-refractivity contribution in [3.05, 3.63) is 43.8 Å². The van der Waals surface area contributed by atoms with E-state index >= 15 is 0 Å². The standard InChI is InChI=1S/C17H14N4OS2/c1-8-6-10(9(2)24-8)15-14-13(12-4-3-5-23-12)11(7-18)16(19)22-17(14)21-20-15/h3-6,11,13,19H,1-2H3,(H,20,21). The van der Waals surface area contributed by atoms with Gasteiger partial charge < -0.3 is 4.74 Å². The van der Waals surface area contributed by atoms with E-state index in [0.29, 0.717) is 5.88 Å². The molecule has 7 heteroatoms. The summed E-state index contributed by atoms with van der Waals surface area (Å²) in [5, 5.41) is 27.0. The van der Waals surface area contributed by atoms with Crippen LogP contribution in [0.15, 0.2) is 23.6 Å². The fourth-order valence-electron chi connectivity index (χ4n) is 3.18. The Labute approximate surface area is 147 Å². The lowest BCUT2D eigenvalue weighted by Crippen LogP contribution is -2.30. The van der Waals surface area contributed by atoms with Gasteiger partial charge >= 0.3 is 0 Å². The first kappa shape index (κ1) is 15.1. The van der Waals surface area contributed by atoms with Crippen LogP contribution in [0.2, 0.25) is 0 Å². The molecule has 0 fully saturated rings. The average Bonchev–Trinajstić information content (AvgIpc) is 3.26. The quantitative estimate of drug-likeness (QED) is 0.712. The van der Waals surface area contributed by atoms with Crippen LogP contribution in [-0.4, -0.2) is 16.1 Å². The second kappa shape index (κ2) is 5.58. The van der Waals surface area contributed by atoms with Gasteiger partial charge in [-0.15, -0.1) is 27.8 Å². The molecule has 2 atom stereocenters. The third kappa shape index (κ3) is 2.19. The Morgan fingerprint density at radius 3 is 2.88 bits per heavy atom. The second-order valence-electron chi connectivity index (χ2n) is 5.71. The summed E-state index contributed by atoms with van der Waals surface area (Å²) in [7, 11) is 0. The second-order valence-corrected chi connectivity index (χ2v) is 8.15. The van der Waals surface area contributed by atoms with Gasteiger partial charge in [-0.2, -0.15) is 5.26 Å². The zero-order valence-corrected chi connectivity index (χ0v) is 14.7. The Kier molecular flexibility index (Phi) is 3.52. The van der Waals surface area contributed by atoms with Crippen LogP contribution >= 0.6 is 22.7 Å². The van der Waals surface area contributed by atoms with Crippen LogP contribution in [0.1, 0.15) is 26.1 Å². The third-order valence-electron chi connectivity index (χ3n) is 4.20. The van der Waals surface area contributed by atoms with Gasteiger partial charge in [-0.25, -0.2) is 0 Å². The number of thiophene rings is 2. The maximum Gasteiger partial charge on any atom is 0.244 e. The van der Waals surface area contributed by atoms with Gasteiger partial charge in [-0.1, -0.05) is 6.07 Å². The van der Waals surface area contributed by atoms with E-state index in [0.717, 1.165) is 21.7 Å². The lowest BCUT2D eigenvalue weighted by atomic mass is 9.82. The number of aromatic amines is 1.